The molecular weight excluding hydrogens is 298 g/mol. The average molecular weight is 321 g/mol. The van der Waals surface area contributed by atoms with Gasteiger partial charge in [-0.15, -0.1) is 0 Å². The number of aliphatic carboxylic acids is 1. The Labute approximate surface area is 136 Å². The molecule has 0 saturated heterocycles. The van der Waals surface area contributed by atoms with Gasteiger partial charge in [-0.25, -0.2) is 0 Å². The first-order chi connectivity index (χ1) is 11.0. The quantitative estimate of drug-likeness (QED) is 0.792. The van der Waals surface area contributed by atoms with Crippen LogP contribution in [-0.4, -0.2) is 48.7 Å². The predicted octanol–water partition coefficient (Wildman–Crippen LogP) is 1.96. The van der Waals surface area contributed by atoms with Crippen LogP contribution in [0.3, 0.4) is 0 Å². The van der Waals surface area contributed by atoms with Crippen molar-refractivity contribution in [3.05, 3.63) is 23.8 Å². The Morgan fingerprint density at radius 2 is 1.91 bits per heavy atom. The van der Waals surface area contributed by atoms with E-state index in [1.165, 1.54) is 0 Å². The molecule has 1 fully saturated rings. The molecule has 1 saturated carbocycles. The van der Waals surface area contributed by atoms with Gasteiger partial charge in [0.25, 0.3) is 0 Å². The first-order valence-electron chi connectivity index (χ1n) is 7.69. The Morgan fingerprint density at radius 3 is 2.43 bits per heavy atom. The van der Waals surface area contributed by atoms with E-state index in [-0.39, 0.29) is 24.9 Å². The van der Waals surface area contributed by atoms with Crippen LogP contribution in [0.5, 0.6) is 11.5 Å². The molecule has 1 aromatic carbocycles. The lowest BCUT2D eigenvalue weighted by atomic mass is 10.1. The molecule has 0 aromatic heterocycles. The lowest BCUT2D eigenvalue weighted by Gasteiger charge is -2.24. The molecule has 0 radical (unpaired) electrons. The molecule has 0 bridgehead atoms. The van der Waals surface area contributed by atoms with Gasteiger partial charge in [0.2, 0.25) is 5.91 Å². The van der Waals surface area contributed by atoms with Gasteiger partial charge in [0.1, 0.15) is 0 Å². The van der Waals surface area contributed by atoms with Gasteiger partial charge in [-0.05, 0) is 30.5 Å². The smallest absolute Gasteiger partial charge is 0.308 e. The maximum absolute atomic E-state index is 12.6. The normalized spacial score (nSPS) is 14.9. The molecule has 1 aliphatic carbocycles. The van der Waals surface area contributed by atoms with E-state index >= 15 is 0 Å². The number of carbonyl (C=O) groups excluding carboxylic acids is 1. The third-order valence-electron chi connectivity index (χ3n) is 4.00. The van der Waals surface area contributed by atoms with Gasteiger partial charge in [0.15, 0.2) is 11.5 Å². The van der Waals surface area contributed by atoms with E-state index in [0.29, 0.717) is 11.5 Å². The largest absolute Gasteiger partial charge is 0.493 e. The zero-order chi connectivity index (χ0) is 17.0. The highest BCUT2D eigenvalue weighted by molar-refractivity contribution is 5.80. The molecule has 126 valence electrons. The summed E-state index contributed by atoms with van der Waals surface area (Å²) in [5.74, 6) is -0.302. The average Bonchev–Trinajstić information content (AvgIpc) is 3.36. The van der Waals surface area contributed by atoms with E-state index < -0.39 is 11.9 Å². The summed E-state index contributed by atoms with van der Waals surface area (Å²) in [7, 11) is 3.11. The Hall–Kier alpha value is -2.24. The zero-order valence-electron chi connectivity index (χ0n) is 13.7. The lowest BCUT2D eigenvalue weighted by molar-refractivity contribution is -0.143. The number of carbonyl (C=O) groups is 2. The summed E-state index contributed by atoms with van der Waals surface area (Å²) in [6.45, 7) is 1.88. The van der Waals surface area contributed by atoms with Crippen LogP contribution in [-0.2, 0) is 16.0 Å². The fourth-order valence-corrected chi connectivity index (χ4v) is 2.48. The number of rotatable bonds is 8. The van der Waals surface area contributed by atoms with Gasteiger partial charge in [-0.2, -0.15) is 0 Å². The van der Waals surface area contributed by atoms with Crippen LogP contribution in [0.1, 0.15) is 25.3 Å². The van der Waals surface area contributed by atoms with Gasteiger partial charge < -0.3 is 19.5 Å². The maximum atomic E-state index is 12.6. The highest BCUT2D eigenvalue weighted by Crippen LogP contribution is 2.30. The second kappa shape index (κ2) is 7.35. The zero-order valence-corrected chi connectivity index (χ0v) is 13.7. The van der Waals surface area contributed by atoms with Crippen LogP contribution in [0.25, 0.3) is 0 Å². The van der Waals surface area contributed by atoms with E-state index in [1.54, 1.807) is 38.2 Å². The van der Waals surface area contributed by atoms with E-state index in [4.69, 9.17) is 14.6 Å². The minimum Gasteiger partial charge on any atom is -0.493 e. The first kappa shape index (κ1) is 17.1. The van der Waals surface area contributed by atoms with Gasteiger partial charge in [0.05, 0.1) is 26.6 Å². The fraction of sp³-hybridized carbons (Fsp3) is 0.529. The molecule has 2 rings (SSSR count). The first-order valence-corrected chi connectivity index (χ1v) is 7.69. The van der Waals surface area contributed by atoms with Crippen molar-refractivity contribution in [3.8, 4) is 11.5 Å². The molecular formula is C17H23NO5. The van der Waals surface area contributed by atoms with Crippen molar-refractivity contribution < 1.29 is 24.2 Å². The number of amides is 1. The topological polar surface area (TPSA) is 76.1 Å². The van der Waals surface area contributed by atoms with Crippen molar-refractivity contribution in [2.75, 3.05) is 20.8 Å². The summed E-state index contributed by atoms with van der Waals surface area (Å²) in [5.41, 5.74) is 0.821. The number of carboxylic acids is 1. The molecule has 6 heteroatoms. The molecule has 6 nitrogen and oxygen atoms in total. The van der Waals surface area contributed by atoms with Crippen molar-refractivity contribution >= 4 is 11.9 Å². The molecule has 0 aliphatic heterocycles. The predicted molar refractivity (Wildman–Crippen MR) is 84.8 cm³/mol. The number of benzene rings is 1. The third-order valence-corrected chi connectivity index (χ3v) is 4.00. The Bertz CT molecular complexity index is 582. The minimum absolute atomic E-state index is 0.0483. The Balaban J connectivity index is 2.08. The monoisotopic (exact) mass is 321 g/mol. The number of carboxylic acid groups (broad SMARTS) is 1. The summed E-state index contributed by atoms with van der Waals surface area (Å²) < 4.78 is 10.4. The van der Waals surface area contributed by atoms with Crippen LogP contribution in [0.2, 0.25) is 0 Å². The molecule has 1 aliphatic rings. The Kier molecular flexibility index (Phi) is 5.47. The summed E-state index contributed by atoms with van der Waals surface area (Å²) in [4.78, 5) is 25.3. The van der Waals surface area contributed by atoms with Crippen LogP contribution in [0.15, 0.2) is 18.2 Å². The molecule has 1 aromatic rings. The fourth-order valence-electron chi connectivity index (χ4n) is 2.48. The van der Waals surface area contributed by atoms with E-state index in [0.717, 1.165) is 18.4 Å². The van der Waals surface area contributed by atoms with Crippen molar-refractivity contribution in [1.82, 2.24) is 4.90 Å². The van der Waals surface area contributed by atoms with Crippen molar-refractivity contribution in [3.63, 3.8) is 0 Å². The van der Waals surface area contributed by atoms with Gasteiger partial charge in [-0.3, -0.25) is 9.59 Å². The second-order valence-electron chi connectivity index (χ2n) is 5.88. The van der Waals surface area contributed by atoms with Crippen LogP contribution < -0.4 is 9.47 Å². The minimum atomic E-state index is -0.880. The highest BCUT2D eigenvalue weighted by Gasteiger charge is 2.34. The molecule has 0 heterocycles. The van der Waals surface area contributed by atoms with Crippen LogP contribution in [0, 0.1) is 5.92 Å². The van der Waals surface area contributed by atoms with Gasteiger partial charge in [-0.1, -0.05) is 13.0 Å². The maximum Gasteiger partial charge on any atom is 0.308 e. The Morgan fingerprint density at radius 1 is 1.26 bits per heavy atom. The molecule has 1 amide bonds. The van der Waals surface area contributed by atoms with E-state index in [2.05, 4.69) is 0 Å². The number of nitrogens with zero attached hydrogens (tertiary/aromatic N) is 1. The number of ether oxygens (including phenoxy) is 2. The summed E-state index contributed by atoms with van der Waals surface area (Å²) in [5, 5.41) is 9.06. The lowest BCUT2D eigenvalue weighted by Crippen LogP contribution is -2.39. The number of methoxy groups -OCH3 is 2. The SMILES string of the molecule is COc1ccc(CC(=O)N(CC(C)C(=O)O)C2CC2)cc1OC. The van der Waals surface area contributed by atoms with Gasteiger partial charge in [0, 0.05) is 12.6 Å². The van der Waals surface area contributed by atoms with Crippen molar-refractivity contribution in [2.24, 2.45) is 5.92 Å². The third kappa shape index (κ3) is 4.37. The molecule has 0 spiro atoms. The molecule has 1 unspecified atom stereocenters. The molecule has 1 N–H and O–H groups in total. The second-order valence-corrected chi connectivity index (χ2v) is 5.88. The molecule has 1 atom stereocenters. The number of hydrogen-bond donors (Lipinski definition) is 1. The molecule has 23 heavy (non-hydrogen) atoms. The van der Waals surface area contributed by atoms with Crippen molar-refractivity contribution in [2.45, 2.75) is 32.2 Å². The summed E-state index contributed by atoms with van der Waals surface area (Å²) >= 11 is 0. The van der Waals surface area contributed by atoms with Gasteiger partial charge >= 0.3 is 5.97 Å². The van der Waals surface area contributed by atoms with E-state index in [1.807, 2.05) is 6.07 Å². The number of hydrogen-bond acceptors (Lipinski definition) is 4. The van der Waals surface area contributed by atoms with Crippen LogP contribution in [0.4, 0.5) is 0 Å². The van der Waals surface area contributed by atoms with Crippen molar-refractivity contribution in [1.29, 1.82) is 0 Å². The highest BCUT2D eigenvalue weighted by atomic mass is 16.5. The van der Waals surface area contributed by atoms with E-state index in [9.17, 15) is 9.59 Å². The summed E-state index contributed by atoms with van der Waals surface area (Å²) in [6.07, 6.45) is 2.12. The standard InChI is InChI=1S/C17H23NO5/c1-11(17(20)21)10-18(13-5-6-13)16(19)9-12-4-7-14(22-2)15(8-12)23-3/h4,7-8,11,13H,5-6,9-10H2,1-3H3,(H,20,21). The van der Waals surface area contributed by atoms with Crippen LogP contribution >= 0.6 is 0 Å². The summed E-state index contributed by atoms with van der Waals surface area (Å²) in [6, 6.07) is 5.56.